The molecule has 25 heavy (non-hydrogen) atoms. The van der Waals surface area contributed by atoms with E-state index in [1.165, 1.54) is 0 Å². The highest BCUT2D eigenvalue weighted by Crippen LogP contribution is 2.18. The molecule has 0 saturated heterocycles. The van der Waals surface area contributed by atoms with Gasteiger partial charge in [-0.15, -0.1) is 0 Å². The maximum Gasteiger partial charge on any atom is 0.319 e. The monoisotopic (exact) mass is 340 g/mol. The molecule has 2 aromatic rings. The highest BCUT2D eigenvalue weighted by molar-refractivity contribution is 6.01. The fourth-order valence-electron chi connectivity index (χ4n) is 2.23. The smallest absolute Gasteiger partial charge is 0.319 e. The van der Waals surface area contributed by atoms with Crippen LogP contribution in [0.4, 0.5) is 16.2 Å². The summed E-state index contributed by atoms with van der Waals surface area (Å²) in [6.07, 6.45) is 0. The molecule has 0 aliphatic carbocycles. The van der Waals surface area contributed by atoms with Crippen LogP contribution in [0.5, 0.6) is 0 Å². The molecule has 2 rings (SSSR count). The summed E-state index contributed by atoms with van der Waals surface area (Å²) in [4.78, 5) is 35.5. The summed E-state index contributed by atoms with van der Waals surface area (Å²) in [6.45, 7) is 3.25. The number of primary amides is 1. The van der Waals surface area contributed by atoms with Crippen molar-refractivity contribution in [1.82, 2.24) is 5.32 Å². The number of nitrogens with two attached hydrogens (primary N) is 1. The Bertz CT molecular complexity index is 790. The first-order chi connectivity index (χ1) is 11.9. The highest BCUT2D eigenvalue weighted by atomic mass is 16.2. The number of anilines is 2. The number of urea groups is 1. The molecule has 0 spiro atoms. The molecule has 0 bridgehead atoms. The Morgan fingerprint density at radius 2 is 1.64 bits per heavy atom. The topological polar surface area (TPSA) is 113 Å². The summed E-state index contributed by atoms with van der Waals surface area (Å²) in [7, 11) is 0. The van der Waals surface area contributed by atoms with Gasteiger partial charge in [-0.1, -0.05) is 24.3 Å². The van der Waals surface area contributed by atoms with Crippen molar-refractivity contribution in [2.24, 2.45) is 5.73 Å². The number of carbonyl (C=O) groups is 3. The minimum absolute atomic E-state index is 0.334. The predicted molar refractivity (Wildman–Crippen MR) is 96.4 cm³/mol. The van der Waals surface area contributed by atoms with E-state index in [9.17, 15) is 14.4 Å². The van der Waals surface area contributed by atoms with Crippen LogP contribution >= 0.6 is 0 Å². The van der Waals surface area contributed by atoms with E-state index in [4.69, 9.17) is 5.73 Å². The lowest BCUT2D eigenvalue weighted by Crippen LogP contribution is -2.43. The zero-order valence-corrected chi connectivity index (χ0v) is 14.0. The van der Waals surface area contributed by atoms with Crippen LogP contribution in [0.2, 0.25) is 0 Å². The molecule has 2 aromatic carbocycles. The van der Waals surface area contributed by atoms with Crippen molar-refractivity contribution < 1.29 is 14.4 Å². The quantitative estimate of drug-likeness (QED) is 0.669. The van der Waals surface area contributed by atoms with E-state index in [-0.39, 0.29) is 0 Å². The molecule has 0 aliphatic heterocycles. The number of rotatable bonds is 5. The number of hydrogen-bond acceptors (Lipinski definition) is 3. The van der Waals surface area contributed by atoms with Crippen LogP contribution in [0.1, 0.15) is 22.8 Å². The van der Waals surface area contributed by atoms with Crippen LogP contribution < -0.4 is 21.7 Å². The molecule has 0 unspecified atom stereocenters. The van der Waals surface area contributed by atoms with Crippen LogP contribution in [-0.4, -0.2) is 23.9 Å². The van der Waals surface area contributed by atoms with Crippen LogP contribution in [-0.2, 0) is 4.79 Å². The maximum absolute atomic E-state index is 12.3. The number of carbonyl (C=O) groups excluding carboxylic acids is 3. The summed E-state index contributed by atoms with van der Waals surface area (Å²) in [5.41, 5.74) is 7.30. The van der Waals surface area contributed by atoms with Gasteiger partial charge in [-0.25, -0.2) is 4.79 Å². The average molecular weight is 340 g/mol. The van der Waals surface area contributed by atoms with Crippen molar-refractivity contribution in [3.63, 3.8) is 0 Å². The molecule has 0 aliphatic rings. The Labute approximate surface area is 145 Å². The summed E-state index contributed by atoms with van der Waals surface area (Å²) in [5, 5.41) is 7.87. The molecule has 130 valence electrons. The Morgan fingerprint density at radius 3 is 2.28 bits per heavy atom. The van der Waals surface area contributed by atoms with Gasteiger partial charge >= 0.3 is 6.03 Å². The van der Waals surface area contributed by atoms with Gasteiger partial charge in [0.15, 0.2) is 0 Å². The number of amides is 4. The first-order valence-electron chi connectivity index (χ1n) is 7.71. The van der Waals surface area contributed by atoms with Crippen molar-refractivity contribution in [2.75, 3.05) is 10.6 Å². The zero-order valence-electron chi connectivity index (χ0n) is 14.0. The number of benzene rings is 2. The van der Waals surface area contributed by atoms with Gasteiger partial charge in [0.25, 0.3) is 0 Å². The summed E-state index contributed by atoms with van der Waals surface area (Å²) >= 11 is 0. The average Bonchev–Trinajstić information content (AvgIpc) is 2.57. The molecule has 0 aromatic heterocycles. The van der Waals surface area contributed by atoms with E-state index in [0.717, 1.165) is 0 Å². The molecular formula is C18H20N4O3. The van der Waals surface area contributed by atoms with E-state index >= 15 is 0 Å². The number of para-hydroxylation sites is 1. The predicted octanol–water partition coefficient (Wildman–Crippen LogP) is 2.24. The summed E-state index contributed by atoms with van der Waals surface area (Å²) in [6, 6.07) is 12.5. The lowest BCUT2D eigenvalue weighted by Gasteiger charge is -2.16. The third-order valence-electron chi connectivity index (χ3n) is 3.63. The van der Waals surface area contributed by atoms with E-state index in [2.05, 4.69) is 16.0 Å². The standard InChI is InChI=1S/C18H20N4O3/c1-11-14(16(19)23)9-6-10-15(11)22-17(24)12(2)20-18(25)21-13-7-4-3-5-8-13/h3-10,12H,1-2H3,(H2,19,23)(H,22,24)(H2,20,21,25)/t12-/m0/s1. The molecule has 1 atom stereocenters. The van der Waals surface area contributed by atoms with Gasteiger partial charge in [-0.2, -0.15) is 0 Å². The zero-order chi connectivity index (χ0) is 18.4. The van der Waals surface area contributed by atoms with Crippen LogP contribution in [0.15, 0.2) is 48.5 Å². The van der Waals surface area contributed by atoms with Crippen LogP contribution in [0, 0.1) is 6.92 Å². The molecule has 7 heteroatoms. The van der Waals surface area contributed by atoms with E-state index in [0.29, 0.717) is 22.5 Å². The van der Waals surface area contributed by atoms with Crippen molar-refractivity contribution in [3.05, 3.63) is 59.7 Å². The molecule has 0 radical (unpaired) electrons. The number of nitrogens with one attached hydrogen (secondary N) is 3. The van der Waals surface area contributed by atoms with Crippen molar-refractivity contribution in [3.8, 4) is 0 Å². The second-order valence-electron chi connectivity index (χ2n) is 5.52. The van der Waals surface area contributed by atoms with Crippen molar-refractivity contribution in [1.29, 1.82) is 0 Å². The molecule has 0 fully saturated rings. The Kier molecular flexibility index (Phi) is 5.73. The van der Waals surface area contributed by atoms with Crippen LogP contribution in [0.3, 0.4) is 0 Å². The first-order valence-corrected chi connectivity index (χ1v) is 7.71. The van der Waals surface area contributed by atoms with Crippen LogP contribution in [0.25, 0.3) is 0 Å². The summed E-state index contributed by atoms with van der Waals surface area (Å²) in [5.74, 6) is -0.977. The second kappa shape index (κ2) is 7.96. The minimum Gasteiger partial charge on any atom is -0.366 e. The minimum atomic E-state index is -0.777. The molecule has 0 heterocycles. The van der Waals surface area contributed by atoms with Gasteiger partial charge in [0.2, 0.25) is 11.8 Å². The Balaban J connectivity index is 1.98. The van der Waals surface area contributed by atoms with Gasteiger partial charge < -0.3 is 21.7 Å². The fraction of sp³-hybridized carbons (Fsp3) is 0.167. The third-order valence-corrected chi connectivity index (χ3v) is 3.63. The van der Waals surface area contributed by atoms with E-state index in [1.807, 2.05) is 6.07 Å². The van der Waals surface area contributed by atoms with E-state index < -0.39 is 23.9 Å². The number of hydrogen-bond donors (Lipinski definition) is 4. The molecule has 4 amide bonds. The van der Waals surface area contributed by atoms with Crippen molar-refractivity contribution >= 4 is 29.2 Å². The first kappa shape index (κ1) is 18.0. The molecule has 5 N–H and O–H groups in total. The Hall–Kier alpha value is -3.35. The molecular weight excluding hydrogens is 320 g/mol. The SMILES string of the molecule is Cc1c(NC(=O)[C@H](C)NC(=O)Nc2ccccc2)cccc1C(N)=O. The van der Waals surface area contributed by atoms with Crippen molar-refractivity contribution in [2.45, 2.75) is 19.9 Å². The normalized spacial score (nSPS) is 11.3. The lowest BCUT2D eigenvalue weighted by atomic mass is 10.1. The largest absolute Gasteiger partial charge is 0.366 e. The van der Waals surface area contributed by atoms with Gasteiger partial charge in [-0.05, 0) is 43.7 Å². The lowest BCUT2D eigenvalue weighted by molar-refractivity contribution is -0.117. The third kappa shape index (κ3) is 4.81. The van der Waals surface area contributed by atoms with Gasteiger partial charge in [0.1, 0.15) is 6.04 Å². The maximum atomic E-state index is 12.3. The van der Waals surface area contributed by atoms with Gasteiger partial charge in [0, 0.05) is 16.9 Å². The van der Waals surface area contributed by atoms with E-state index in [1.54, 1.807) is 56.3 Å². The Morgan fingerprint density at radius 1 is 0.960 bits per heavy atom. The fourth-order valence-corrected chi connectivity index (χ4v) is 2.23. The summed E-state index contributed by atoms with van der Waals surface area (Å²) < 4.78 is 0. The molecule has 7 nitrogen and oxygen atoms in total. The van der Waals surface area contributed by atoms with Gasteiger partial charge in [0.05, 0.1) is 0 Å². The highest BCUT2D eigenvalue weighted by Gasteiger charge is 2.17. The van der Waals surface area contributed by atoms with Gasteiger partial charge in [-0.3, -0.25) is 9.59 Å². The molecule has 0 saturated carbocycles. The second-order valence-corrected chi connectivity index (χ2v) is 5.52.